The van der Waals surface area contributed by atoms with E-state index in [1.165, 1.54) is 19.2 Å². The monoisotopic (exact) mass is 400 g/mol. The Hall–Kier alpha value is -3.08. The van der Waals surface area contributed by atoms with Crippen LogP contribution < -0.4 is 15.4 Å². The zero-order valence-corrected chi connectivity index (χ0v) is 16.4. The van der Waals surface area contributed by atoms with Crippen molar-refractivity contribution in [3.8, 4) is 11.8 Å². The van der Waals surface area contributed by atoms with Crippen molar-refractivity contribution in [2.45, 2.75) is 6.92 Å². The lowest BCUT2D eigenvalue weighted by atomic mass is 10.2. The van der Waals surface area contributed by atoms with Gasteiger partial charge in [0.25, 0.3) is 0 Å². The number of nitriles is 1. The van der Waals surface area contributed by atoms with Crippen molar-refractivity contribution < 1.29 is 14.3 Å². The van der Waals surface area contributed by atoms with Gasteiger partial charge in [0, 0.05) is 5.69 Å². The van der Waals surface area contributed by atoms with Crippen LogP contribution in [0.2, 0.25) is 5.02 Å². The second kappa shape index (κ2) is 10.3. The summed E-state index contributed by atoms with van der Waals surface area (Å²) in [6, 6.07) is 13.7. The average molecular weight is 401 g/mol. The summed E-state index contributed by atoms with van der Waals surface area (Å²) >= 11 is 5.97. The largest absolute Gasteiger partial charge is 0.495 e. The molecule has 0 aromatic heterocycles. The Morgan fingerprint density at radius 3 is 2.43 bits per heavy atom. The summed E-state index contributed by atoms with van der Waals surface area (Å²) in [6.45, 7) is 2.46. The number of halogens is 1. The molecule has 2 N–H and O–H groups in total. The summed E-state index contributed by atoms with van der Waals surface area (Å²) in [5.74, 6) is 0.0302. The van der Waals surface area contributed by atoms with Crippen LogP contribution in [-0.2, 0) is 9.59 Å². The number of amides is 2. The summed E-state index contributed by atoms with van der Waals surface area (Å²) in [6.07, 6.45) is 0. The Bertz CT molecular complexity index is 895. The van der Waals surface area contributed by atoms with Crippen LogP contribution in [0.4, 0.5) is 11.4 Å². The number of nitrogens with one attached hydrogen (secondary N) is 2. The van der Waals surface area contributed by atoms with E-state index < -0.39 is 0 Å². The Labute approximate surface area is 168 Å². The second-order valence-electron chi connectivity index (χ2n) is 5.91. The van der Waals surface area contributed by atoms with Crippen molar-refractivity contribution >= 4 is 34.8 Å². The first-order valence-corrected chi connectivity index (χ1v) is 8.99. The summed E-state index contributed by atoms with van der Waals surface area (Å²) in [4.78, 5) is 26.3. The molecule has 2 rings (SSSR count). The maximum absolute atomic E-state index is 12.3. The number of methoxy groups -OCH3 is 1. The van der Waals surface area contributed by atoms with E-state index in [2.05, 4.69) is 10.6 Å². The number of ether oxygens (including phenoxy) is 1. The molecule has 2 amide bonds. The van der Waals surface area contributed by atoms with E-state index in [4.69, 9.17) is 21.6 Å². The Morgan fingerprint density at radius 2 is 1.82 bits per heavy atom. The summed E-state index contributed by atoms with van der Waals surface area (Å²) in [7, 11) is 1.53. The van der Waals surface area contributed by atoms with Crippen molar-refractivity contribution in [2.75, 3.05) is 37.4 Å². The molecule has 0 aliphatic carbocycles. The first-order valence-electron chi connectivity index (χ1n) is 8.61. The fourth-order valence-corrected chi connectivity index (χ4v) is 2.73. The summed E-state index contributed by atoms with van der Waals surface area (Å²) in [5, 5.41) is 14.7. The topological polar surface area (TPSA) is 94.5 Å². The minimum Gasteiger partial charge on any atom is -0.495 e. The van der Waals surface area contributed by atoms with Crippen LogP contribution in [0.15, 0.2) is 42.5 Å². The molecular weight excluding hydrogens is 380 g/mol. The highest BCUT2D eigenvalue weighted by Crippen LogP contribution is 2.23. The van der Waals surface area contributed by atoms with Gasteiger partial charge in [-0.05, 0) is 36.9 Å². The number of carbonyl (C=O) groups is 2. The highest BCUT2D eigenvalue weighted by molar-refractivity contribution is 6.32. The number of benzene rings is 2. The third-order valence-electron chi connectivity index (χ3n) is 3.94. The van der Waals surface area contributed by atoms with Crippen LogP contribution >= 0.6 is 11.6 Å². The van der Waals surface area contributed by atoms with Crippen molar-refractivity contribution in [1.82, 2.24) is 4.90 Å². The predicted molar refractivity (Wildman–Crippen MR) is 109 cm³/mol. The molecule has 0 aliphatic heterocycles. The van der Waals surface area contributed by atoms with Gasteiger partial charge in [0.1, 0.15) is 11.8 Å². The number of para-hydroxylation sites is 2. The molecular formula is C20H21ClN4O3. The van der Waals surface area contributed by atoms with Gasteiger partial charge in [-0.2, -0.15) is 5.26 Å². The Morgan fingerprint density at radius 1 is 1.14 bits per heavy atom. The van der Waals surface area contributed by atoms with Gasteiger partial charge in [-0.1, -0.05) is 30.7 Å². The van der Waals surface area contributed by atoms with Gasteiger partial charge >= 0.3 is 0 Å². The van der Waals surface area contributed by atoms with Crippen molar-refractivity contribution in [3.63, 3.8) is 0 Å². The van der Waals surface area contributed by atoms with E-state index in [0.717, 1.165) is 0 Å². The second-order valence-corrected chi connectivity index (χ2v) is 6.31. The minimum atomic E-state index is -0.285. The van der Waals surface area contributed by atoms with Crippen molar-refractivity contribution in [1.29, 1.82) is 5.26 Å². The molecule has 0 bridgehead atoms. The van der Waals surface area contributed by atoms with Crippen molar-refractivity contribution in [2.24, 2.45) is 0 Å². The molecule has 0 spiro atoms. The number of nitrogens with zero attached hydrogens (tertiary/aromatic N) is 2. The smallest absolute Gasteiger partial charge is 0.238 e. The lowest BCUT2D eigenvalue weighted by molar-refractivity contribution is -0.119. The quantitative estimate of drug-likeness (QED) is 0.709. The van der Waals surface area contributed by atoms with Gasteiger partial charge in [0.15, 0.2) is 0 Å². The van der Waals surface area contributed by atoms with Crippen LogP contribution in [0, 0.1) is 11.3 Å². The lowest BCUT2D eigenvalue weighted by Gasteiger charge is -2.20. The third-order valence-corrected chi connectivity index (χ3v) is 4.25. The molecule has 0 unspecified atom stereocenters. The molecule has 0 fully saturated rings. The van der Waals surface area contributed by atoms with Crippen LogP contribution in [0.25, 0.3) is 0 Å². The van der Waals surface area contributed by atoms with Gasteiger partial charge in [-0.15, -0.1) is 0 Å². The molecule has 0 aliphatic rings. The standard InChI is InChI=1S/C20H21ClN4O3/c1-3-25(13-20(27)24-17-6-4-5-7-18(17)28-2)12-19(26)23-15-9-8-14(11-22)16(21)10-15/h4-10H,3,12-13H2,1-2H3,(H,23,26)(H,24,27). The van der Waals surface area contributed by atoms with Crippen LogP contribution in [0.3, 0.4) is 0 Å². The zero-order chi connectivity index (χ0) is 20.5. The SMILES string of the molecule is CCN(CC(=O)Nc1ccc(C#N)c(Cl)c1)CC(=O)Nc1ccccc1OC. The van der Waals surface area contributed by atoms with Gasteiger partial charge in [0.2, 0.25) is 11.8 Å². The van der Waals surface area contributed by atoms with Crippen LogP contribution in [0.5, 0.6) is 5.75 Å². The minimum absolute atomic E-state index is 0.0352. The summed E-state index contributed by atoms with van der Waals surface area (Å²) in [5.41, 5.74) is 1.40. The molecule has 2 aromatic carbocycles. The first-order chi connectivity index (χ1) is 13.5. The molecule has 0 atom stereocenters. The van der Waals surface area contributed by atoms with Crippen molar-refractivity contribution in [3.05, 3.63) is 53.1 Å². The Kier molecular flexibility index (Phi) is 7.81. The fraction of sp³-hybridized carbons (Fsp3) is 0.250. The molecule has 8 heteroatoms. The highest BCUT2D eigenvalue weighted by Gasteiger charge is 2.15. The number of carbonyl (C=O) groups excluding carboxylic acids is 2. The van der Waals surface area contributed by atoms with E-state index in [1.807, 2.05) is 19.1 Å². The first kappa shape index (κ1) is 21.2. The highest BCUT2D eigenvalue weighted by atomic mass is 35.5. The van der Waals surface area contributed by atoms with E-state index >= 15 is 0 Å². The van der Waals surface area contributed by atoms with E-state index in [1.54, 1.807) is 29.2 Å². The van der Waals surface area contributed by atoms with Crippen LogP contribution in [-0.4, -0.2) is 43.5 Å². The molecule has 0 heterocycles. The van der Waals surface area contributed by atoms with Crippen LogP contribution in [0.1, 0.15) is 12.5 Å². The maximum Gasteiger partial charge on any atom is 0.238 e. The Balaban J connectivity index is 1.92. The van der Waals surface area contributed by atoms with E-state index in [9.17, 15) is 9.59 Å². The number of anilines is 2. The molecule has 0 radical (unpaired) electrons. The van der Waals surface area contributed by atoms with Gasteiger partial charge < -0.3 is 15.4 Å². The number of hydrogen-bond acceptors (Lipinski definition) is 5. The fourth-order valence-electron chi connectivity index (χ4n) is 2.51. The normalized spacial score (nSPS) is 10.2. The maximum atomic E-state index is 12.3. The lowest BCUT2D eigenvalue weighted by Crippen LogP contribution is -2.38. The molecule has 0 saturated heterocycles. The number of rotatable bonds is 8. The van der Waals surface area contributed by atoms with E-state index in [-0.39, 0.29) is 29.9 Å². The van der Waals surface area contributed by atoms with Gasteiger partial charge in [0.05, 0.1) is 36.5 Å². The van der Waals surface area contributed by atoms with Gasteiger partial charge in [-0.25, -0.2) is 0 Å². The molecule has 2 aromatic rings. The van der Waals surface area contributed by atoms with Gasteiger partial charge in [-0.3, -0.25) is 14.5 Å². The molecule has 28 heavy (non-hydrogen) atoms. The third kappa shape index (κ3) is 5.98. The zero-order valence-electron chi connectivity index (χ0n) is 15.7. The molecule has 146 valence electrons. The molecule has 0 saturated carbocycles. The number of hydrogen-bond donors (Lipinski definition) is 2. The average Bonchev–Trinajstić information content (AvgIpc) is 2.68. The number of likely N-dealkylation sites (N-methyl/N-ethyl adjacent to an activating group) is 1. The van der Waals surface area contributed by atoms with E-state index in [0.29, 0.717) is 29.2 Å². The molecule has 7 nitrogen and oxygen atoms in total. The summed E-state index contributed by atoms with van der Waals surface area (Å²) < 4.78 is 5.21. The predicted octanol–water partition coefficient (Wildman–Crippen LogP) is 3.12.